The molecule has 0 radical (unpaired) electrons. The van der Waals surface area contributed by atoms with Crippen molar-refractivity contribution >= 4 is 15.9 Å². The molecule has 0 aliphatic carbocycles. The van der Waals surface area contributed by atoms with Crippen LogP contribution < -0.4 is 9.46 Å². The average Bonchev–Trinajstić information content (AvgIpc) is 2.75. The fraction of sp³-hybridized carbons (Fsp3) is 0.409. The zero-order valence-electron chi connectivity index (χ0n) is 17.8. The van der Waals surface area contributed by atoms with E-state index in [1.807, 2.05) is 31.2 Å². The summed E-state index contributed by atoms with van der Waals surface area (Å²) in [6.45, 7) is 7.20. The van der Waals surface area contributed by atoms with Crippen molar-refractivity contribution in [1.29, 1.82) is 0 Å². The van der Waals surface area contributed by atoms with Gasteiger partial charge in [0.25, 0.3) is 0 Å². The molecule has 1 heterocycles. The number of hydrogen-bond donors (Lipinski definition) is 1. The molecule has 2 aromatic carbocycles. The van der Waals surface area contributed by atoms with Crippen LogP contribution in [0.2, 0.25) is 0 Å². The summed E-state index contributed by atoms with van der Waals surface area (Å²) in [5.74, 6) is -0.327. The van der Waals surface area contributed by atoms with Gasteiger partial charge in [-0.15, -0.1) is 0 Å². The van der Waals surface area contributed by atoms with E-state index in [-0.39, 0.29) is 5.91 Å². The third-order valence-electron chi connectivity index (χ3n) is 5.15. The van der Waals surface area contributed by atoms with E-state index in [4.69, 9.17) is 4.74 Å². The van der Waals surface area contributed by atoms with Crippen molar-refractivity contribution in [2.24, 2.45) is 0 Å². The summed E-state index contributed by atoms with van der Waals surface area (Å²) in [5.41, 5.74) is 1.16. The van der Waals surface area contributed by atoms with Gasteiger partial charge in [-0.05, 0) is 43.7 Å². The van der Waals surface area contributed by atoms with E-state index in [0.717, 1.165) is 23.9 Å². The molecule has 1 amide bonds. The van der Waals surface area contributed by atoms with E-state index < -0.39 is 26.8 Å². The molecule has 168 valence electrons. The highest BCUT2D eigenvalue weighted by Gasteiger charge is 2.29. The highest BCUT2D eigenvalue weighted by atomic mass is 32.2. The van der Waals surface area contributed by atoms with Crippen LogP contribution >= 0.6 is 0 Å². The molecule has 3 rings (SSSR count). The molecule has 1 N–H and O–H groups in total. The van der Waals surface area contributed by atoms with E-state index in [0.29, 0.717) is 32.8 Å². The van der Waals surface area contributed by atoms with Gasteiger partial charge in [-0.25, -0.2) is 12.8 Å². The van der Waals surface area contributed by atoms with Crippen LogP contribution in [0.5, 0.6) is 5.75 Å². The largest absolute Gasteiger partial charge is 0.494 e. The van der Waals surface area contributed by atoms with E-state index in [9.17, 15) is 17.6 Å². The molecular weight excluding hydrogens is 421 g/mol. The summed E-state index contributed by atoms with van der Waals surface area (Å²) < 4.78 is 46.5. The number of nitrogens with zero attached hydrogens (tertiary/aromatic N) is 2. The molecule has 0 unspecified atom stereocenters. The number of ether oxygens (including phenoxy) is 1. The smallest absolute Gasteiger partial charge is 0.244 e. The van der Waals surface area contributed by atoms with Crippen LogP contribution in [0, 0.1) is 5.82 Å². The first-order chi connectivity index (χ1) is 14.8. The Bertz CT molecular complexity index is 990. The number of carbonyl (C=O) groups excluding carboxylic acids is 1. The number of halogens is 1. The lowest BCUT2D eigenvalue weighted by atomic mass is 10.2. The number of nitrogens with one attached hydrogen (secondary N) is 1. The topological polar surface area (TPSA) is 79.0 Å². The van der Waals surface area contributed by atoms with Gasteiger partial charge in [-0.3, -0.25) is 9.69 Å². The third-order valence-corrected chi connectivity index (χ3v) is 6.73. The van der Waals surface area contributed by atoms with Crippen molar-refractivity contribution in [3.05, 3.63) is 59.9 Å². The standard InChI is InChI=1S/C22H28FN3O4S/c1-3-30-19-10-8-18(9-11-19)16-25-12-14-26(15-13-25)22(27)17(2)24-31(28,29)21-7-5-4-6-20(21)23/h4-11,17,24H,3,12-16H2,1-2H3/t17-/m0/s1. The molecule has 1 fully saturated rings. The highest BCUT2D eigenvalue weighted by molar-refractivity contribution is 7.89. The van der Waals surface area contributed by atoms with Gasteiger partial charge in [0.15, 0.2) is 0 Å². The lowest BCUT2D eigenvalue weighted by Gasteiger charge is -2.36. The Morgan fingerprint density at radius 3 is 2.35 bits per heavy atom. The zero-order chi connectivity index (χ0) is 22.4. The van der Waals surface area contributed by atoms with Gasteiger partial charge in [0.1, 0.15) is 16.5 Å². The number of carbonyl (C=O) groups is 1. The molecule has 1 atom stereocenters. The summed E-state index contributed by atoms with van der Waals surface area (Å²) in [6.07, 6.45) is 0. The quantitative estimate of drug-likeness (QED) is 0.669. The Hall–Kier alpha value is -2.49. The molecular formula is C22H28FN3O4S. The summed E-state index contributed by atoms with van der Waals surface area (Å²) in [6, 6.07) is 12.1. The summed E-state index contributed by atoms with van der Waals surface area (Å²) >= 11 is 0. The predicted octanol–water partition coefficient (Wildman–Crippen LogP) is 2.24. The summed E-state index contributed by atoms with van der Waals surface area (Å²) in [7, 11) is -4.13. The van der Waals surface area contributed by atoms with Gasteiger partial charge in [-0.1, -0.05) is 24.3 Å². The fourth-order valence-electron chi connectivity index (χ4n) is 3.53. The molecule has 1 aliphatic heterocycles. The van der Waals surface area contributed by atoms with Crippen LogP contribution in [-0.4, -0.2) is 63.0 Å². The van der Waals surface area contributed by atoms with Crippen LogP contribution in [0.4, 0.5) is 4.39 Å². The normalized spacial score (nSPS) is 16.2. The Labute approximate surface area is 182 Å². The van der Waals surface area contributed by atoms with Crippen LogP contribution in [0.15, 0.2) is 53.4 Å². The van der Waals surface area contributed by atoms with Gasteiger partial charge >= 0.3 is 0 Å². The lowest BCUT2D eigenvalue weighted by molar-refractivity contribution is -0.134. The minimum atomic E-state index is -4.13. The van der Waals surface area contributed by atoms with Gasteiger partial charge < -0.3 is 9.64 Å². The van der Waals surface area contributed by atoms with Crippen molar-refractivity contribution < 1.29 is 22.3 Å². The molecule has 0 saturated carbocycles. The number of piperazine rings is 1. The van der Waals surface area contributed by atoms with Crippen molar-refractivity contribution in [1.82, 2.24) is 14.5 Å². The summed E-state index contributed by atoms with van der Waals surface area (Å²) in [4.78, 5) is 16.2. The van der Waals surface area contributed by atoms with E-state index in [2.05, 4.69) is 9.62 Å². The van der Waals surface area contributed by atoms with Gasteiger partial charge in [0.2, 0.25) is 15.9 Å². The SMILES string of the molecule is CCOc1ccc(CN2CCN(C(=O)[C@H](C)NS(=O)(=O)c3ccccc3F)CC2)cc1. The van der Waals surface area contributed by atoms with Crippen LogP contribution in [0.1, 0.15) is 19.4 Å². The van der Waals surface area contributed by atoms with Crippen LogP contribution in [-0.2, 0) is 21.4 Å². The maximum absolute atomic E-state index is 13.8. The average molecular weight is 450 g/mol. The molecule has 2 aromatic rings. The van der Waals surface area contributed by atoms with Gasteiger partial charge in [-0.2, -0.15) is 4.72 Å². The lowest BCUT2D eigenvalue weighted by Crippen LogP contribution is -2.53. The van der Waals surface area contributed by atoms with E-state index in [1.165, 1.54) is 25.1 Å². The Kier molecular flexibility index (Phi) is 7.64. The predicted molar refractivity (Wildman–Crippen MR) is 116 cm³/mol. The van der Waals surface area contributed by atoms with Crippen molar-refractivity contribution in [2.45, 2.75) is 31.3 Å². The molecule has 1 aliphatic rings. The maximum Gasteiger partial charge on any atom is 0.244 e. The minimum absolute atomic E-state index is 0.319. The van der Waals surface area contributed by atoms with Crippen molar-refractivity contribution in [3.63, 3.8) is 0 Å². The van der Waals surface area contributed by atoms with Crippen LogP contribution in [0.25, 0.3) is 0 Å². The first-order valence-electron chi connectivity index (χ1n) is 10.3. The first-order valence-corrected chi connectivity index (χ1v) is 11.8. The Balaban J connectivity index is 1.52. The van der Waals surface area contributed by atoms with E-state index in [1.54, 1.807) is 4.90 Å². The number of sulfonamides is 1. The number of rotatable bonds is 8. The monoisotopic (exact) mass is 449 g/mol. The molecule has 7 nitrogen and oxygen atoms in total. The third kappa shape index (κ3) is 6.03. The van der Waals surface area contributed by atoms with Crippen molar-refractivity contribution in [2.75, 3.05) is 32.8 Å². The number of benzene rings is 2. The first kappa shape index (κ1) is 23.2. The maximum atomic E-state index is 13.8. The summed E-state index contributed by atoms with van der Waals surface area (Å²) in [5, 5.41) is 0. The Morgan fingerprint density at radius 1 is 1.10 bits per heavy atom. The number of hydrogen-bond acceptors (Lipinski definition) is 5. The molecule has 1 saturated heterocycles. The molecule has 0 bridgehead atoms. The molecule has 9 heteroatoms. The number of amides is 1. The molecule has 0 aromatic heterocycles. The van der Waals surface area contributed by atoms with Gasteiger partial charge in [0.05, 0.1) is 12.6 Å². The van der Waals surface area contributed by atoms with E-state index >= 15 is 0 Å². The second-order valence-electron chi connectivity index (χ2n) is 7.45. The van der Waals surface area contributed by atoms with Crippen LogP contribution in [0.3, 0.4) is 0 Å². The minimum Gasteiger partial charge on any atom is -0.494 e. The fourth-order valence-corrected chi connectivity index (χ4v) is 4.80. The van der Waals surface area contributed by atoms with Crippen molar-refractivity contribution in [3.8, 4) is 5.75 Å². The van der Waals surface area contributed by atoms with Gasteiger partial charge in [0, 0.05) is 32.7 Å². The molecule has 0 spiro atoms. The second-order valence-corrected chi connectivity index (χ2v) is 9.13. The zero-order valence-corrected chi connectivity index (χ0v) is 18.6. The molecule has 31 heavy (non-hydrogen) atoms. The Morgan fingerprint density at radius 2 is 1.74 bits per heavy atom. The highest BCUT2D eigenvalue weighted by Crippen LogP contribution is 2.16. The second kappa shape index (κ2) is 10.2.